The standard InChI is InChI=1S/C21H24N6O3/c1-2-27-19(29)16-10-6-7-11-17(16)24-20(27)26-25-18(28)12-13-22-21(30)23-14-15-8-4-3-5-9-15/h3-11H,2,12-14H2,1H3,(H,24,26)(H,25,28)(H2,22,23,30). The lowest BCUT2D eigenvalue weighted by molar-refractivity contribution is -0.120. The molecule has 0 saturated heterocycles. The Kier molecular flexibility index (Phi) is 6.99. The van der Waals surface area contributed by atoms with Gasteiger partial charge in [0.05, 0.1) is 10.9 Å². The zero-order chi connectivity index (χ0) is 21.3. The van der Waals surface area contributed by atoms with Crippen molar-refractivity contribution in [3.05, 3.63) is 70.5 Å². The van der Waals surface area contributed by atoms with Crippen molar-refractivity contribution in [3.63, 3.8) is 0 Å². The maximum Gasteiger partial charge on any atom is 0.315 e. The van der Waals surface area contributed by atoms with Crippen LogP contribution in [0.1, 0.15) is 18.9 Å². The summed E-state index contributed by atoms with van der Waals surface area (Å²) >= 11 is 0. The van der Waals surface area contributed by atoms with Gasteiger partial charge in [0.15, 0.2) is 0 Å². The van der Waals surface area contributed by atoms with E-state index in [4.69, 9.17) is 0 Å². The molecule has 0 saturated carbocycles. The van der Waals surface area contributed by atoms with Crippen molar-refractivity contribution in [2.24, 2.45) is 0 Å². The molecule has 1 heterocycles. The van der Waals surface area contributed by atoms with Crippen LogP contribution < -0.4 is 27.0 Å². The average Bonchev–Trinajstić information content (AvgIpc) is 2.77. The van der Waals surface area contributed by atoms with E-state index < -0.39 is 0 Å². The third kappa shape index (κ3) is 5.34. The molecule has 1 aromatic heterocycles. The van der Waals surface area contributed by atoms with E-state index in [9.17, 15) is 14.4 Å². The number of aromatic nitrogens is 2. The molecule has 0 aliphatic rings. The van der Waals surface area contributed by atoms with Crippen LogP contribution in [0.4, 0.5) is 10.7 Å². The number of para-hydroxylation sites is 1. The number of rotatable bonds is 8. The number of hydrazine groups is 1. The quantitative estimate of drug-likeness (QED) is 0.424. The number of anilines is 1. The molecule has 4 N–H and O–H groups in total. The monoisotopic (exact) mass is 408 g/mol. The Morgan fingerprint density at radius 2 is 1.73 bits per heavy atom. The van der Waals surface area contributed by atoms with Crippen LogP contribution in [0.15, 0.2) is 59.4 Å². The number of hydrogen-bond acceptors (Lipinski definition) is 5. The second kappa shape index (κ2) is 10.1. The summed E-state index contributed by atoms with van der Waals surface area (Å²) in [4.78, 5) is 40.8. The van der Waals surface area contributed by atoms with Crippen LogP contribution in [0.5, 0.6) is 0 Å². The van der Waals surface area contributed by atoms with Crippen molar-refractivity contribution in [1.29, 1.82) is 0 Å². The number of carbonyl (C=O) groups is 2. The fourth-order valence-corrected chi connectivity index (χ4v) is 2.88. The number of carbonyl (C=O) groups excluding carboxylic acids is 2. The molecule has 0 aliphatic carbocycles. The summed E-state index contributed by atoms with van der Waals surface area (Å²) in [7, 11) is 0. The Hall–Kier alpha value is -3.88. The third-order valence-electron chi connectivity index (χ3n) is 4.43. The van der Waals surface area contributed by atoms with Crippen molar-refractivity contribution >= 4 is 28.8 Å². The van der Waals surface area contributed by atoms with Gasteiger partial charge in [0.25, 0.3) is 5.56 Å². The SMILES string of the molecule is CCn1c(NNC(=O)CCNC(=O)NCc2ccccc2)nc2ccccc2c1=O. The smallest absolute Gasteiger partial charge is 0.315 e. The van der Waals surface area contributed by atoms with Gasteiger partial charge < -0.3 is 10.6 Å². The van der Waals surface area contributed by atoms with Crippen LogP contribution >= 0.6 is 0 Å². The summed E-state index contributed by atoms with van der Waals surface area (Å²) in [5, 5.41) is 5.87. The molecule has 0 aliphatic heterocycles. The Labute approximate surface area is 173 Å². The van der Waals surface area contributed by atoms with Gasteiger partial charge in [-0.1, -0.05) is 42.5 Å². The number of benzene rings is 2. The molecule has 156 valence electrons. The third-order valence-corrected chi connectivity index (χ3v) is 4.43. The molecule has 0 unspecified atom stereocenters. The van der Waals surface area contributed by atoms with Gasteiger partial charge in [0, 0.05) is 26.1 Å². The summed E-state index contributed by atoms with van der Waals surface area (Å²) in [6.45, 7) is 2.79. The summed E-state index contributed by atoms with van der Waals surface area (Å²) in [5.41, 5.74) is 6.56. The second-order valence-electron chi connectivity index (χ2n) is 6.52. The number of nitrogens with zero attached hydrogens (tertiary/aromatic N) is 2. The molecule has 0 atom stereocenters. The first-order valence-corrected chi connectivity index (χ1v) is 9.68. The molecule has 0 bridgehead atoms. The normalized spacial score (nSPS) is 10.4. The van der Waals surface area contributed by atoms with Crippen molar-refractivity contribution < 1.29 is 9.59 Å². The zero-order valence-electron chi connectivity index (χ0n) is 16.6. The van der Waals surface area contributed by atoms with Crippen molar-refractivity contribution in [3.8, 4) is 0 Å². The van der Waals surface area contributed by atoms with Gasteiger partial charge in [0.2, 0.25) is 11.9 Å². The minimum absolute atomic E-state index is 0.0652. The Morgan fingerprint density at radius 1 is 1.00 bits per heavy atom. The largest absolute Gasteiger partial charge is 0.338 e. The summed E-state index contributed by atoms with van der Waals surface area (Å²) in [6.07, 6.45) is 0.0652. The van der Waals surface area contributed by atoms with Crippen LogP contribution in [-0.4, -0.2) is 28.0 Å². The fraction of sp³-hybridized carbons (Fsp3) is 0.238. The van der Waals surface area contributed by atoms with Gasteiger partial charge >= 0.3 is 6.03 Å². The van der Waals surface area contributed by atoms with Gasteiger partial charge in [0.1, 0.15) is 0 Å². The van der Waals surface area contributed by atoms with E-state index in [-0.39, 0.29) is 36.4 Å². The van der Waals surface area contributed by atoms with Crippen LogP contribution in [0.25, 0.3) is 10.9 Å². The molecular formula is C21H24N6O3. The van der Waals surface area contributed by atoms with Crippen LogP contribution in [-0.2, 0) is 17.9 Å². The maximum absolute atomic E-state index is 12.6. The average molecular weight is 408 g/mol. The number of hydrogen-bond donors (Lipinski definition) is 4. The highest BCUT2D eigenvalue weighted by atomic mass is 16.2. The number of fused-ring (bicyclic) bond motifs is 1. The molecule has 0 spiro atoms. The van der Waals surface area contributed by atoms with Gasteiger partial charge in [-0.15, -0.1) is 0 Å². The van der Waals surface area contributed by atoms with Crippen molar-refractivity contribution in [1.82, 2.24) is 25.6 Å². The van der Waals surface area contributed by atoms with E-state index in [1.165, 1.54) is 4.57 Å². The number of urea groups is 1. The minimum atomic E-state index is -0.351. The van der Waals surface area contributed by atoms with Gasteiger partial charge in [-0.3, -0.25) is 25.0 Å². The number of nitrogens with one attached hydrogen (secondary N) is 4. The highest BCUT2D eigenvalue weighted by molar-refractivity contribution is 5.80. The predicted molar refractivity (Wildman–Crippen MR) is 115 cm³/mol. The lowest BCUT2D eigenvalue weighted by Crippen LogP contribution is -2.39. The van der Waals surface area contributed by atoms with Gasteiger partial charge in [-0.25, -0.2) is 9.78 Å². The highest BCUT2D eigenvalue weighted by Gasteiger charge is 2.10. The Balaban J connectivity index is 1.47. The van der Waals surface area contributed by atoms with E-state index in [1.807, 2.05) is 37.3 Å². The molecule has 9 nitrogen and oxygen atoms in total. The molecule has 3 aromatic rings. The van der Waals surface area contributed by atoms with E-state index >= 15 is 0 Å². The first-order chi connectivity index (χ1) is 14.6. The van der Waals surface area contributed by atoms with Crippen molar-refractivity contribution in [2.75, 3.05) is 12.0 Å². The first-order valence-electron chi connectivity index (χ1n) is 9.68. The van der Waals surface area contributed by atoms with Crippen LogP contribution in [0, 0.1) is 0 Å². The van der Waals surface area contributed by atoms with E-state index in [2.05, 4.69) is 26.5 Å². The molecule has 9 heteroatoms. The summed E-state index contributed by atoms with van der Waals surface area (Å²) in [5.74, 6) is -0.0912. The zero-order valence-corrected chi connectivity index (χ0v) is 16.6. The topological polar surface area (TPSA) is 117 Å². The van der Waals surface area contributed by atoms with Gasteiger partial charge in [-0.2, -0.15) is 0 Å². The molecule has 0 radical (unpaired) electrons. The predicted octanol–water partition coefficient (Wildman–Crippen LogP) is 1.75. The lowest BCUT2D eigenvalue weighted by Gasteiger charge is -2.14. The first kappa shape index (κ1) is 20.8. The fourth-order valence-electron chi connectivity index (χ4n) is 2.88. The van der Waals surface area contributed by atoms with E-state index in [0.717, 1.165) is 5.56 Å². The van der Waals surface area contributed by atoms with Crippen LogP contribution in [0.2, 0.25) is 0 Å². The van der Waals surface area contributed by atoms with Crippen molar-refractivity contribution in [2.45, 2.75) is 26.4 Å². The highest BCUT2D eigenvalue weighted by Crippen LogP contribution is 2.10. The molecule has 3 rings (SSSR count). The molecule has 3 amide bonds. The summed E-state index contributed by atoms with van der Waals surface area (Å²) in [6, 6.07) is 16.2. The minimum Gasteiger partial charge on any atom is -0.338 e. The Bertz CT molecular complexity index is 1080. The molecular weight excluding hydrogens is 384 g/mol. The Morgan fingerprint density at radius 3 is 2.50 bits per heavy atom. The van der Waals surface area contributed by atoms with Gasteiger partial charge in [-0.05, 0) is 24.6 Å². The lowest BCUT2D eigenvalue weighted by atomic mass is 10.2. The molecule has 30 heavy (non-hydrogen) atoms. The van der Waals surface area contributed by atoms with Crippen LogP contribution in [0.3, 0.4) is 0 Å². The maximum atomic E-state index is 12.6. The summed E-state index contributed by atoms with van der Waals surface area (Å²) < 4.78 is 1.44. The molecule has 2 aromatic carbocycles. The molecule has 0 fully saturated rings. The van der Waals surface area contributed by atoms with E-state index in [1.54, 1.807) is 24.3 Å². The number of amides is 3. The van der Waals surface area contributed by atoms with E-state index in [0.29, 0.717) is 24.0 Å². The second-order valence-corrected chi connectivity index (χ2v) is 6.52.